The maximum Gasteiger partial charge on any atom is 0.224 e. The minimum atomic E-state index is 0.0532. The number of nitrogens with one attached hydrogen (secondary N) is 3. The molecule has 0 radical (unpaired) electrons. The van der Waals surface area contributed by atoms with Crippen molar-refractivity contribution in [2.24, 2.45) is 4.99 Å². The molecule has 0 spiro atoms. The van der Waals surface area contributed by atoms with Gasteiger partial charge in [-0.05, 0) is 52.4 Å². The second kappa shape index (κ2) is 10.6. The summed E-state index contributed by atoms with van der Waals surface area (Å²) in [4.78, 5) is 16.0. The predicted octanol–water partition coefficient (Wildman–Crippen LogP) is 3.96. The van der Waals surface area contributed by atoms with Crippen molar-refractivity contribution in [3.63, 3.8) is 0 Å². The summed E-state index contributed by atoms with van der Waals surface area (Å²) in [5.41, 5.74) is 3.26. The molecule has 0 saturated heterocycles. The molecule has 26 heavy (non-hydrogen) atoms. The van der Waals surface area contributed by atoms with Crippen LogP contribution in [0.15, 0.2) is 46.1 Å². The average molecular weight is 373 g/mol. The molecule has 2 aromatic rings. The van der Waals surface area contributed by atoms with E-state index in [4.69, 9.17) is 0 Å². The smallest absolute Gasteiger partial charge is 0.224 e. The van der Waals surface area contributed by atoms with Crippen LogP contribution in [0.4, 0.5) is 5.69 Å². The van der Waals surface area contributed by atoms with Crippen molar-refractivity contribution in [1.82, 2.24) is 10.6 Å². The van der Waals surface area contributed by atoms with Gasteiger partial charge in [0, 0.05) is 32.2 Å². The van der Waals surface area contributed by atoms with Gasteiger partial charge in [0.05, 0.1) is 0 Å². The molecule has 1 atom stereocenters. The van der Waals surface area contributed by atoms with Gasteiger partial charge in [0.25, 0.3) is 0 Å². The van der Waals surface area contributed by atoms with E-state index in [1.165, 1.54) is 5.56 Å². The zero-order chi connectivity index (χ0) is 18.8. The summed E-state index contributed by atoms with van der Waals surface area (Å²) >= 11 is 1.72. The lowest BCUT2D eigenvalue weighted by Crippen LogP contribution is -2.38. The summed E-state index contributed by atoms with van der Waals surface area (Å²) in [5.74, 6) is 1.25. The van der Waals surface area contributed by atoms with Crippen LogP contribution in [0.3, 0.4) is 0 Å². The Balaban J connectivity index is 1.83. The number of hydrogen-bond acceptors (Lipinski definition) is 3. The number of amides is 1. The monoisotopic (exact) mass is 372 g/mol. The Hall–Kier alpha value is -2.34. The molecule has 3 N–H and O–H groups in total. The molecule has 1 aromatic carbocycles. The molecule has 0 fully saturated rings. The SMILES string of the molecule is CCCC(=O)Nc1cccc(CNC(=NC)NCC(C)c2ccsc2)c1. The molecule has 2 rings (SSSR count). The van der Waals surface area contributed by atoms with Crippen molar-refractivity contribution in [3.05, 3.63) is 52.2 Å². The Morgan fingerprint density at radius 3 is 2.81 bits per heavy atom. The largest absolute Gasteiger partial charge is 0.356 e. The van der Waals surface area contributed by atoms with Gasteiger partial charge in [-0.1, -0.05) is 26.0 Å². The average Bonchev–Trinajstić information content (AvgIpc) is 3.17. The highest BCUT2D eigenvalue weighted by Crippen LogP contribution is 2.17. The van der Waals surface area contributed by atoms with Crippen LogP contribution in [-0.4, -0.2) is 25.5 Å². The van der Waals surface area contributed by atoms with Gasteiger partial charge in [-0.25, -0.2) is 0 Å². The molecule has 140 valence electrons. The summed E-state index contributed by atoms with van der Waals surface area (Å²) in [6.45, 7) is 5.66. The summed E-state index contributed by atoms with van der Waals surface area (Å²) in [6.07, 6.45) is 1.39. The lowest BCUT2D eigenvalue weighted by atomic mass is 10.1. The summed E-state index contributed by atoms with van der Waals surface area (Å²) in [5, 5.41) is 13.9. The second-order valence-electron chi connectivity index (χ2n) is 6.26. The molecule has 5 nitrogen and oxygen atoms in total. The van der Waals surface area contributed by atoms with E-state index in [2.05, 4.69) is 44.7 Å². The molecule has 1 unspecified atom stereocenters. The van der Waals surface area contributed by atoms with E-state index in [0.29, 0.717) is 18.9 Å². The van der Waals surface area contributed by atoms with Crippen molar-refractivity contribution in [1.29, 1.82) is 0 Å². The number of hydrogen-bond donors (Lipinski definition) is 3. The maximum absolute atomic E-state index is 11.7. The lowest BCUT2D eigenvalue weighted by molar-refractivity contribution is -0.116. The van der Waals surface area contributed by atoms with Crippen molar-refractivity contribution >= 4 is 28.9 Å². The number of guanidine groups is 1. The molecular weight excluding hydrogens is 344 g/mol. The Bertz CT molecular complexity index is 712. The van der Waals surface area contributed by atoms with Gasteiger partial charge in [0.1, 0.15) is 0 Å². The number of aliphatic imine (C=N–C) groups is 1. The molecule has 0 aliphatic rings. The van der Waals surface area contributed by atoms with E-state index in [9.17, 15) is 4.79 Å². The van der Waals surface area contributed by atoms with Crippen molar-refractivity contribution in [2.75, 3.05) is 18.9 Å². The second-order valence-corrected chi connectivity index (χ2v) is 7.04. The number of rotatable bonds is 8. The third-order valence-corrected chi connectivity index (χ3v) is 4.76. The van der Waals surface area contributed by atoms with E-state index >= 15 is 0 Å². The van der Waals surface area contributed by atoms with Crippen molar-refractivity contribution < 1.29 is 4.79 Å². The normalized spacial score (nSPS) is 12.5. The van der Waals surface area contributed by atoms with Crippen LogP contribution < -0.4 is 16.0 Å². The first-order chi connectivity index (χ1) is 12.6. The third-order valence-electron chi connectivity index (χ3n) is 4.06. The zero-order valence-electron chi connectivity index (χ0n) is 15.7. The molecule has 0 aliphatic heterocycles. The Morgan fingerprint density at radius 2 is 2.12 bits per heavy atom. The summed E-state index contributed by atoms with van der Waals surface area (Å²) < 4.78 is 0. The number of benzene rings is 1. The van der Waals surface area contributed by atoms with E-state index in [1.807, 2.05) is 31.2 Å². The maximum atomic E-state index is 11.7. The quantitative estimate of drug-likeness (QED) is 0.485. The summed E-state index contributed by atoms with van der Waals surface area (Å²) in [7, 11) is 1.77. The number of anilines is 1. The van der Waals surface area contributed by atoms with E-state index in [1.54, 1.807) is 18.4 Å². The molecule has 0 saturated carbocycles. The Kier molecular flexibility index (Phi) is 8.15. The van der Waals surface area contributed by atoms with Crippen LogP contribution in [-0.2, 0) is 11.3 Å². The van der Waals surface area contributed by atoms with E-state index < -0.39 is 0 Å². The molecular formula is C20H28N4OS. The van der Waals surface area contributed by atoms with Gasteiger partial charge in [0.2, 0.25) is 5.91 Å². The highest BCUT2D eigenvalue weighted by molar-refractivity contribution is 7.07. The van der Waals surface area contributed by atoms with Gasteiger partial charge >= 0.3 is 0 Å². The fourth-order valence-electron chi connectivity index (χ4n) is 2.54. The molecule has 1 heterocycles. The molecule has 1 amide bonds. The van der Waals surface area contributed by atoms with E-state index in [-0.39, 0.29) is 5.91 Å². The first-order valence-corrected chi connectivity index (χ1v) is 9.92. The van der Waals surface area contributed by atoms with Gasteiger partial charge < -0.3 is 16.0 Å². The molecule has 0 aliphatic carbocycles. The number of carbonyl (C=O) groups excluding carboxylic acids is 1. The van der Waals surface area contributed by atoms with Gasteiger partial charge in [-0.15, -0.1) is 0 Å². The molecule has 6 heteroatoms. The van der Waals surface area contributed by atoms with Crippen LogP contribution >= 0.6 is 11.3 Å². The Morgan fingerprint density at radius 1 is 1.27 bits per heavy atom. The standard InChI is InChI=1S/C20H28N4OS/c1-4-6-19(25)24-18-8-5-7-16(11-18)13-23-20(21-3)22-12-15(2)17-9-10-26-14-17/h5,7-11,14-15H,4,6,12-13H2,1-3H3,(H,24,25)(H2,21,22,23). The fraction of sp³-hybridized carbons (Fsp3) is 0.400. The van der Waals surface area contributed by atoms with E-state index in [0.717, 1.165) is 30.2 Å². The van der Waals surface area contributed by atoms with Crippen LogP contribution in [0.1, 0.15) is 43.7 Å². The minimum Gasteiger partial charge on any atom is -0.356 e. The number of nitrogens with zero attached hydrogens (tertiary/aromatic N) is 1. The first kappa shape index (κ1) is 20.0. The topological polar surface area (TPSA) is 65.5 Å². The number of thiophene rings is 1. The highest BCUT2D eigenvalue weighted by Gasteiger charge is 2.07. The number of carbonyl (C=O) groups is 1. The molecule has 0 bridgehead atoms. The molecule has 1 aromatic heterocycles. The lowest BCUT2D eigenvalue weighted by Gasteiger charge is -2.16. The Labute approximate surface area is 159 Å². The van der Waals surface area contributed by atoms with Gasteiger partial charge in [0.15, 0.2) is 5.96 Å². The van der Waals surface area contributed by atoms with Gasteiger partial charge in [-0.2, -0.15) is 11.3 Å². The minimum absolute atomic E-state index is 0.0532. The van der Waals surface area contributed by atoms with Crippen LogP contribution in [0.2, 0.25) is 0 Å². The van der Waals surface area contributed by atoms with Crippen LogP contribution in [0.5, 0.6) is 0 Å². The zero-order valence-corrected chi connectivity index (χ0v) is 16.5. The van der Waals surface area contributed by atoms with Gasteiger partial charge in [-0.3, -0.25) is 9.79 Å². The van der Waals surface area contributed by atoms with Crippen molar-refractivity contribution in [2.45, 2.75) is 39.2 Å². The summed E-state index contributed by atoms with van der Waals surface area (Å²) in [6, 6.07) is 10.0. The van der Waals surface area contributed by atoms with Crippen LogP contribution in [0, 0.1) is 0 Å². The van der Waals surface area contributed by atoms with Crippen LogP contribution in [0.25, 0.3) is 0 Å². The third kappa shape index (κ3) is 6.52. The highest BCUT2D eigenvalue weighted by atomic mass is 32.1. The predicted molar refractivity (Wildman–Crippen MR) is 111 cm³/mol. The van der Waals surface area contributed by atoms with Crippen molar-refractivity contribution in [3.8, 4) is 0 Å². The fourth-order valence-corrected chi connectivity index (χ4v) is 3.32. The first-order valence-electron chi connectivity index (χ1n) is 8.97.